The van der Waals surface area contributed by atoms with Gasteiger partial charge in [-0.05, 0) is 35.4 Å². The van der Waals surface area contributed by atoms with Crippen LogP contribution in [0.5, 0.6) is 11.6 Å². The minimum atomic E-state index is -1.39. The molecule has 5 heteroatoms. The van der Waals surface area contributed by atoms with Crippen LogP contribution in [0.2, 0.25) is 0 Å². The molecule has 0 saturated heterocycles. The van der Waals surface area contributed by atoms with E-state index < -0.39 is 6.16 Å². The van der Waals surface area contributed by atoms with E-state index in [-0.39, 0.29) is 5.88 Å². The van der Waals surface area contributed by atoms with Gasteiger partial charge in [0.05, 0.1) is 0 Å². The number of rotatable bonds is 5. The highest BCUT2D eigenvalue weighted by Crippen LogP contribution is 2.29. The first-order valence-electron chi connectivity index (χ1n) is 7.35. The Morgan fingerprint density at radius 2 is 1.71 bits per heavy atom. The van der Waals surface area contributed by atoms with Crippen LogP contribution in [0.4, 0.5) is 4.79 Å². The zero-order valence-corrected chi connectivity index (χ0v) is 12.8. The van der Waals surface area contributed by atoms with E-state index in [1.165, 1.54) is 6.20 Å². The predicted molar refractivity (Wildman–Crippen MR) is 89.1 cm³/mol. The maximum atomic E-state index is 10.7. The Morgan fingerprint density at radius 1 is 0.958 bits per heavy atom. The monoisotopic (exact) mass is 321 g/mol. The molecule has 0 spiro atoms. The van der Waals surface area contributed by atoms with Crippen molar-refractivity contribution < 1.29 is 19.4 Å². The molecular weight excluding hydrogens is 306 g/mol. The number of benzene rings is 2. The maximum Gasteiger partial charge on any atom is 0.512 e. The van der Waals surface area contributed by atoms with Crippen molar-refractivity contribution in [2.75, 3.05) is 0 Å². The second-order valence-corrected chi connectivity index (χ2v) is 5.02. The van der Waals surface area contributed by atoms with E-state index in [1.807, 2.05) is 54.6 Å². The van der Waals surface area contributed by atoms with E-state index in [2.05, 4.69) is 4.98 Å². The highest BCUT2D eigenvalue weighted by molar-refractivity contribution is 5.72. The van der Waals surface area contributed by atoms with Crippen molar-refractivity contribution in [2.24, 2.45) is 0 Å². The summed E-state index contributed by atoms with van der Waals surface area (Å²) in [5, 5.41) is 8.78. The van der Waals surface area contributed by atoms with Gasteiger partial charge < -0.3 is 14.6 Å². The van der Waals surface area contributed by atoms with Gasteiger partial charge in [0.15, 0.2) is 0 Å². The number of pyridine rings is 1. The van der Waals surface area contributed by atoms with Gasteiger partial charge in [0.1, 0.15) is 12.4 Å². The number of ether oxygens (including phenoxy) is 2. The van der Waals surface area contributed by atoms with Crippen LogP contribution in [-0.4, -0.2) is 16.2 Å². The summed E-state index contributed by atoms with van der Waals surface area (Å²) >= 11 is 0. The summed E-state index contributed by atoms with van der Waals surface area (Å²) in [6.45, 7) is 0.487. The molecule has 0 atom stereocenters. The molecule has 0 aliphatic rings. The second kappa shape index (κ2) is 7.28. The molecule has 1 heterocycles. The quantitative estimate of drug-likeness (QED) is 0.706. The molecule has 3 rings (SSSR count). The third-order valence-corrected chi connectivity index (χ3v) is 3.37. The molecule has 0 bridgehead atoms. The zero-order valence-electron chi connectivity index (χ0n) is 12.8. The van der Waals surface area contributed by atoms with Crippen LogP contribution in [0, 0.1) is 0 Å². The molecule has 120 valence electrons. The molecule has 0 radical (unpaired) electrons. The van der Waals surface area contributed by atoms with Gasteiger partial charge in [-0.2, -0.15) is 0 Å². The Balaban J connectivity index is 1.74. The first kappa shape index (κ1) is 15.6. The Bertz CT molecular complexity index is 816. The second-order valence-electron chi connectivity index (χ2n) is 5.02. The van der Waals surface area contributed by atoms with Crippen LogP contribution in [-0.2, 0) is 6.61 Å². The van der Waals surface area contributed by atoms with E-state index in [0.717, 1.165) is 16.9 Å². The molecule has 0 unspecified atom stereocenters. The van der Waals surface area contributed by atoms with Crippen LogP contribution in [0.25, 0.3) is 11.1 Å². The summed E-state index contributed by atoms with van der Waals surface area (Å²) < 4.78 is 10.4. The summed E-state index contributed by atoms with van der Waals surface area (Å²) in [5.41, 5.74) is 2.49. The number of aromatic nitrogens is 1. The predicted octanol–water partition coefficient (Wildman–Crippen LogP) is 4.38. The Morgan fingerprint density at radius 3 is 2.42 bits per heavy atom. The highest BCUT2D eigenvalue weighted by Gasteiger charge is 2.10. The SMILES string of the molecule is O=C(O)Oc1ncccc1-c1ccc(OCc2ccccc2)cc1. The molecule has 1 N–H and O–H groups in total. The number of carboxylic acid groups (broad SMARTS) is 1. The van der Waals surface area contributed by atoms with Gasteiger partial charge in [-0.25, -0.2) is 9.78 Å². The molecule has 2 aromatic carbocycles. The van der Waals surface area contributed by atoms with Gasteiger partial charge in [0, 0.05) is 11.8 Å². The third kappa shape index (κ3) is 3.89. The van der Waals surface area contributed by atoms with Crippen LogP contribution in [0.3, 0.4) is 0 Å². The largest absolute Gasteiger partial charge is 0.512 e. The zero-order chi connectivity index (χ0) is 16.8. The van der Waals surface area contributed by atoms with Gasteiger partial charge in [0.2, 0.25) is 5.88 Å². The standard InChI is InChI=1S/C19H15NO4/c21-19(22)24-18-17(7-4-12-20-18)15-8-10-16(11-9-15)23-13-14-5-2-1-3-6-14/h1-12H,13H2,(H,21,22). The topological polar surface area (TPSA) is 68.7 Å². The van der Waals surface area contributed by atoms with Gasteiger partial charge >= 0.3 is 6.16 Å². The fraction of sp³-hybridized carbons (Fsp3) is 0.0526. The minimum Gasteiger partial charge on any atom is -0.489 e. The normalized spacial score (nSPS) is 10.2. The van der Waals surface area contributed by atoms with Crippen molar-refractivity contribution in [1.29, 1.82) is 0 Å². The lowest BCUT2D eigenvalue weighted by molar-refractivity contribution is 0.143. The van der Waals surface area contributed by atoms with Gasteiger partial charge in [0.25, 0.3) is 0 Å². The van der Waals surface area contributed by atoms with Crippen molar-refractivity contribution in [3.05, 3.63) is 78.5 Å². The van der Waals surface area contributed by atoms with Crippen LogP contribution < -0.4 is 9.47 Å². The van der Waals surface area contributed by atoms with E-state index in [1.54, 1.807) is 12.1 Å². The van der Waals surface area contributed by atoms with Gasteiger partial charge in [-0.3, -0.25) is 0 Å². The first-order chi connectivity index (χ1) is 11.7. The molecule has 0 amide bonds. The van der Waals surface area contributed by atoms with Crippen molar-refractivity contribution in [2.45, 2.75) is 6.61 Å². The number of nitrogens with zero attached hydrogens (tertiary/aromatic N) is 1. The van der Waals surface area contributed by atoms with Crippen molar-refractivity contribution >= 4 is 6.16 Å². The highest BCUT2D eigenvalue weighted by atomic mass is 16.7. The lowest BCUT2D eigenvalue weighted by atomic mass is 10.1. The fourth-order valence-electron chi connectivity index (χ4n) is 2.25. The van der Waals surface area contributed by atoms with E-state index in [9.17, 15) is 4.79 Å². The van der Waals surface area contributed by atoms with Gasteiger partial charge in [-0.15, -0.1) is 0 Å². The molecule has 0 aliphatic carbocycles. The Hall–Kier alpha value is -3.34. The average molecular weight is 321 g/mol. The molecule has 5 nitrogen and oxygen atoms in total. The lowest BCUT2D eigenvalue weighted by Crippen LogP contribution is -2.05. The average Bonchev–Trinajstić information content (AvgIpc) is 2.61. The summed E-state index contributed by atoms with van der Waals surface area (Å²) in [6.07, 6.45) is 0.0943. The number of carbonyl (C=O) groups is 1. The molecule has 3 aromatic rings. The van der Waals surface area contributed by atoms with Crippen molar-refractivity contribution in [1.82, 2.24) is 4.98 Å². The summed E-state index contributed by atoms with van der Waals surface area (Å²) in [7, 11) is 0. The van der Waals surface area contributed by atoms with E-state index in [4.69, 9.17) is 14.6 Å². The Labute approximate surface area is 139 Å². The first-order valence-corrected chi connectivity index (χ1v) is 7.35. The molecular formula is C19H15NO4. The van der Waals surface area contributed by atoms with E-state index >= 15 is 0 Å². The molecule has 0 saturated carbocycles. The number of hydrogen-bond donors (Lipinski definition) is 1. The van der Waals surface area contributed by atoms with E-state index in [0.29, 0.717) is 12.2 Å². The van der Waals surface area contributed by atoms with Crippen LogP contribution in [0.15, 0.2) is 72.9 Å². The lowest BCUT2D eigenvalue weighted by Gasteiger charge is -2.09. The Kier molecular flexibility index (Phi) is 4.72. The summed E-state index contributed by atoms with van der Waals surface area (Å²) in [4.78, 5) is 14.7. The van der Waals surface area contributed by atoms with Crippen molar-refractivity contribution in [3.8, 4) is 22.8 Å². The molecule has 0 aliphatic heterocycles. The van der Waals surface area contributed by atoms with Crippen LogP contribution >= 0.6 is 0 Å². The minimum absolute atomic E-state index is 0.0583. The summed E-state index contributed by atoms with van der Waals surface area (Å²) in [6, 6.07) is 20.7. The summed E-state index contributed by atoms with van der Waals surface area (Å²) in [5.74, 6) is 0.787. The smallest absolute Gasteiger partial charge is 0.489 e. The van der Waals surface area contributed by atoms with Crippen LogP contribution in [0.1, 0.15) is 5.56 Å². The molecule has 24 heavy (non-hydrogen) atoms. The molecule has 1 aromatic heterocycles. The fourth-order valence-corrected chi connectivity index (χ4v) is 2.25. The maximum absolute atomic E-state index is 10.7. The molecule has 0 fully saturated rings. The number of hydrogen-bond acceptors (Lipinski definition) is 4. The third-order valence-electron chi connectivity index (χ3n) is 3.37. The van der Waals surface area contributed by atoms with Gasteiger partial charge in [-0.1, -0.05) is 42.5 Å². The van der Waals surface area contributed by atoms with Crippen molar-refractivity contribution in [3.63, 3.8) is 0 Å².